The Hall–Kier alpha value is -1.85. The smallest absolute Gasteiger partial charge is 0.340 e. The lowest BCUT2D eigenvalue weighted by Crippen LogP contribution is -2.23. The second-order valence-corrected chi connectivity index (χ2v) is 6.92. The first kappa shape index (κ1) is 19.5. The number of carbonyl (C=O) groups excluding carboxylic acids is 1. The molecular formula is C20H26N2O2S. The van der Waals surface area contributed by atoms with Crippen LogP contribution < -0.4 is 5.73 Å². The number of benzene rings is 1. The van der Waals surface area contributed by atoms with Crippen molar-refractivity contribution in [1.29, 1.82) is 0 Å². The zero-order valence-corrected chi connectivity index (χ0v) is 16.0. The fourth-order valence-corrected chi connectivity index (χ4v) is 2.81. The van der Waals surface area contributed by atoms with E-state index in [0.717, 1.165) is 36.0 Å². The molecule has 0 aliphatic heterocycles. The van der Waals surface area contributed by atoms with Gasteiger partial charge in [-0.3, -0.25) is 4.98 Å². The van der Waals surface area contributed by atoms with Gasteiger partial charge in [-0.25, -0.2) is 4.79 Å². The number of nitrogens with two attached hydrogens (primary N) is 1. The maximum atomic E-state index is 12.7. The van der Waals surface area contributed by atoms with Gasteiger partial charge in [0, 0.05) is 11.8 Å². The fraction of sp³-hybridized carbons (Fsp3) is 0.400. The van der Waals surface area contributed by atoms with Crippen LogP contribution in [-0.2, 0) is 11.2 Å². The van der Waals surface area contributed by atoms with E-state index in [4.69, 9.17) is 10.5 Å². The predicted octanol–water partition coefficient (Wildman–Crippen LogP) is 4.08. The second-order valence-electron chi connectivity index (χ2n) is 6.25. The largest absolute Gasteiger partial charge is 0.459 e. The van der Waals surface area contributed by atoms with Crippen molar-refractivity contribution in [3.63, 3.8) is 0 Å². The number of carbonyl (C=O) groups is 1. The van der Waals surface area contributed by atoms with Gasteiger partial charge in [-0.1, -0.05) is 43.2 Å². The Labute approximate surface area is 155 Å². The summed E-state index contributed by atoms with van der Waals surface area (Å²) < 4.78 is 5.34. The topological polar surface area (TPSA) is 65.2 Å². The highest BCUT2D eigenvalue weighted by molar-refractivity contribution is 7.80. The number of pyridine rings is 1. The van der Waals surface area contributed by atoms with Gasteiger partial charge in [-0.05, 0) is 37.8 Å². The van der Waals surface area contributed by atoms with Crippen LogP contribution in [0.15, 0.2) is 30.5 Å². The number of thiol groups is 1. The molecule has 0 bridgehead atoms. The molecule has 0 radical (unpaired) electrons. The highest BCUT2D eigenvalue weighted by Crippen LogP contribution is 2.31. The molecule has 1 heterocycles. The first-order chi connectivity index (χ1) is 11.9. The Bertz CT molecular complexity index is 727. The molecule has 0 saturated carbocycles. The first-order valence-electron chi connectivity index (χ1n) is 8.60. The van der Waals surface area contributed by atoms with Crippen LogP contribution in [0.4, 0.5) is 0 Å². The van der Waals surface area contributed by atoms with Crippen molar-refractivity contribution >= 4 is 18.6 Å². The summed E-state index contributed by atoms with van der Waals surface area (Å²) >= 11 is 4.07. The van der Waals surface area contributed by atoms with Crippen molar-refractivity contribution in [2.45, 2.75) is 45.4 Å². The van der Waals surface area contributed by atoms with Crippen molar-refractivity contribution in [3.05, 3.63) is 52.8 Å². The van der Waals surface area contributed by atoms with Crippen LogP contribution in [0.1, 0.15) is 46.9 Å². The molecule has 0 amide bonds. The van der Waals surface area contributed by atoms with E-state index < -0.39 is 11.3 Å². The molecule has 0 fully saturated rings. The van der Waals surface area contributed by atoms with Crippen molar-refractivity contribution < 1.29 is 9.53 Å². The van der Waals surface area contributed by atoms with Gasteiger partial charge < -0.3 is 10.5 Å². The fourth-order valence-electron chi connectivity index (χ4n) is 2.74. The van der Waals surface area contributed by atoms with Crippen LogP contribution in [0.3, 0.4) is 0 Å². The van der Waals surface area contributed by atoms with Gasteiger partial charge in [0.2, 0.25) is 0 Å². The van der Waals surface area contributed by atoms with Crippen molar-refractivity contribution in [2.75, 3.05) is 6.61 Å². The maximum Gasteiger partial charge on any atom is 0.340 e. The lowest BCUT2D eigenvalue weighted by Gasteiger charge is -2.17. The van der Waals surface area contributed by atoms with Crippen molar-refractivity contribution in [3.8, 4) is 11.1 Å². The lowest BCUT2D eigenvalue weighted by atomic mass is 9.92. The average Bonchev–Trinajstić information content (AvgIpc) is 2.59. The number of aromatic nitrogens is 1. The van der Waals surface area contributed by atoms with E-state index in [1.165, 1.54) is 5.56 Å². The molecule has 1 atom stereocenters. The molecular weight excluding hydrogens is 332 g/mol. The number of aryl methyl sites for hydroxylation is 3. The number of hydrogen-bond donors (Lipinski definition) is 2. The van der Waals surface area contributed by atoms with Crippen LogP contribution in [-0.4, -0.2) is 22.9 Å². The summed E-state index contributed by atoms with van der Waals surface area (Å²) in [5.41, 5.74) is 10.9. The number of rotatable bonds is 7. The number of unbranched alkanes of at least 4 members (excludes halogenated alkanes) is 1. The zero-order chi connectivity index (χ0) is 18.4. The minimum absolute atomic E-state index is 0.0634. The third kappa shape index (κ3) is 5.06. The summed E-state index contributed by atoms with van der Waals surface area (Å²) in [6, 6.07) is 8.18. The van der Waals surface area contributed by atoms with Gasteiger partial charge in [-0.2, -0.15) is 12.6 Å². The van der Waals surface area contributed by atoms with E-state index in [2.05, 4.69) is 24.5 Å². The van der Waals surface area contributed by atoms with Crippen LogP contribution in [0.25, 0.3) is 11.1 Å². The van der Waals surface area contributed by atoms with E-state index in [-0.39, 0.29) is 6.61 Å². The summed E-state index contributed by atoms with van der Waals surface area (Å²) in [6.45, 7) is 6.09. The number of esters is 1. The number of nitrogens with zero attached hydrogens (tertiary/aromatic N) is 1. The summed E-state index contributed by atoms with van der Waals surface area (Å²) in [6.07, 6.45) is 4.87. The molecule has 1 aromatic heterocycles. The van der Waals surface area contributed by atoms with E-state index >= 15 is 0 Å². The molecule has 25 heavy (non-hydrogen) atoms. The molecule has 0 aliphatic carbocycles. The summed E-state index contributed by atoms with van der Waals surface area (Å²) in [7, 11) is 0. The molecule has 134 valence electrons. The number of ether oxygens (including phenoxy) is 1. The SMILES string of the molecule is CCCCc1cnc(C)c(C(=O)OCC(N)S)c1-c1ccc(C)cc1. The Morgan fingerprint density at radius 3 is 2.56 bits per heavy atom. The van der Waals surface area contributed by atoms with E-state index in [0.29, 0.717) is 11.3 Å². The Kier molecular flexibility index (Phi) is 7.02. The normalized spacial score (nSPS) is 12.0. The highest BCUT2D eigenvalue weighted by atomic mass is 32.1. The maximum absolute atomic E-state index is 12.7. The Morgan fingerprint density at radius 2 is 1.96 bits per heavy atom. The lowest BCUT2D eigenvalue weighted by molar-refractivity contribution is 0.0507. The zero-order valence-electron chi connectivity index (χ0n) is 15.1. The molecule has 2 N–H and O–H groups in total. The Morgan fingerprint density at radius 1 is 1.28 bits per heavy atom. The van der Waals surface area contributed by atoms with E-state index in [1.54, 1.807) is 0 Å². The Balaban J connectivity index is 2.55. The minimum Gasteiger partial charge on any atom is -0.459 e. The summed E-state index contributed by atoms with van der Waals surface area (Å²) in [5.74, 6) is -0.400. The number of hydrogen-bond acceptors (Lipinski definition) is 5. The molecule has 1 unspecified atom stereocenters. The summed E-state index contributed by atoms with van der Waals surface area (Å²) in [5, 5.41) is -0.497. The quantitative estimate of drug-likeness (QED) is 0.445. The summed E-state index contributed by atoms with van der Waals surface area (Å²) in [4.78, 5) is 17.1. The minimum atomic E-state index is -0.497. The van der Waals surface area contributed by atoms with Crippen molar-refractivity contribution in [1.82, 2.24) is 4.98 Å². The standard InChI is InChI=1S/C20H26N2O2S/c1-4-5-6-16-11-22-14(3)18(20(23)24-12-17(21)25)19(16)15-9-7-13(2)8-10-15/h7-11,17,25H,4-6,12,21H2,1-3H3. The van der Waals surface area contributed by atoms with Gasteiger partial charge >= 0.3 is 5.97 Å². The molecule has 4 nitrogen and oxygen atoms in total. The van der Waals surface area contributed by atoms with Gasteiger partial charge in [-0.15, -0.1) is 0 Å². The molecule has 2 rings (SSSR count). The first-order valence-corrected chi connectivity index (χ1v) is 9.12. The molecule has 2 aromatic rings. The van der Waals surface area contributed by atoms with Gasteiger partial charge in [0.25, 0.3) is 0 Å². The third-order valence-electron chi connectivity index (χ3n) is 4.08. The third-order valence-corrected chi connectivity index (χ3v) is 4.23. The highest BCUT2D eigenvalue weighted by Gasteiger charge is 2.21. The monoisotopic (exact) mass is 358 g/mol. The molecule has 5 heteroatoms. The van der Waals surface area contributed by atoms with Crippen molar-refractivity contribution in [2.24, 2.45) is 5.73 Å². The molecule has 1 aromatic carbocycles. The molecule has 0 aliphatic rings. The van der Waals surface area contributed by atoms with E-state index in [9.17, 15) is 4.79 Å². The van der Waals surface area contributed by atoms with Gasteiger partial charge in [0.05, 0.1) is 16.6 Å². The van der Waals surface area contributed by atoms with E-state index in [1.807, 2.05) is 44.3 Å². The predicted molar refractivity (Wildman–Crippen MR) is 105 cm³/mol. The second kappa shape index (κ2) is 9.02. The van der Waals surface area contributed by atoms with Gasteiger partial charge in [0.1, 0.15) is 6.61 Å². The van der Waals surface area contributed by atoms with Crippen LogP contribution in [0.5, 0.6) is 0 Å². The van der Waals surface area contributed by atoms with Gasteiger partial charge in [0.15, 0.2) is 0 Å². The van der Waals surface area contributed by atoms with Crippen LogP contribution >= 0.6 is 12.6 Å². The van der Waals surface area contributed by atoms with Crippen LogP contribution in [0.2, 0.25) is 0 Å². The average molecular weight is 359 g/mol. The molecule has 0 saturated heterocycles. The molecule has 0 spiro atoms. The van der Waals surface area contributed by atoms with Crippen LogP contribution in [0, 0.1) is 13.8 Å².